The van der Waals surface area contributed by atoms with Gasteiger partial charge in [0, 0.05) is 15.1 Å². The topological polar surface area (TPSA) is 35.2 Å². The number of hydrogen-bond acceptors (Lipinski definition) is 2. The van der Waals surface area contributed by atoms with Gasteiger partial charge < -0.3 is 10.5 Å². The molecule has 0 bridgehead atoms. The van der Waals surface area contributed by atoms with Crippen LogP contribution in [0.15, 0.2) is 34.8 Å². The van der Waals surface area contributed by atoms with Crippen molar-refractivity contribution in [3.05, 3.63) is 62.1 Å². The summed E-state index contributed by atoms with van der Waals surface area (Å²) in [7, 11) is 1.67. The molecule has 0 saturated carbocycles. The van der Waals surface area contributed by atoms with Gasteiger partial charge in [-0.3, -0.25) is 0 Å². The Kier molecular flexibility index (Phi) is 4.74. The summed E-state index contributed by atoms with van der Waals surface area (Å²) in [5.41, 5.74) is 10.6. The molecule has 0 aliphatic carbocycles. The molecule has 2 aromatic carbocycles. The number of halogens is 2. The molecule has 0 aliphatic heterocycles. The average molecular weight is 355 g/mol. The summed E-state index contributed by atoms with van der Waals surface area (Å²) in [6, 6.07) is 9.50. The van der Waals surface area contributed by atoms with E-state index in [0.29, 0.717) is 5.02 Å². The molecule has 2 rings (SSSR count). The van der Waals surface area contributed by atoms with Crippen molar-refractivity contribution in [2.45, 2.75) is 19.9 Å². The predicted molar refractivity (Wildman–Crippen MR) is 87.7 cm³/mol. The van der Waals surface area contributed by atoms with Gasteiger partial charge in [-0.2, -0.15) is 0 Å². The number of aryl methyl sites for hydroxylation is 1. The van der Waals surface area contributed by atoms with Crippen molar-refractivity contribution in [1.29, 1.82) is 0 Å². The van der Waals surface area contributed by atoms with E-state index in [2.05, 4.69) is 28.9 Å². The number of hydrogen-bond donors (Lipinski definition) is 1. The molecule has 106 valence electrons. The Morgan fingerprint density at radius 3 is 2.50 bits per heavy atom. The van der Waals surface area contributed by atoms with Crippen LogP contribution < -0.4 is 10.5 Å². The minimum atomic E-state index is -0.278. The zero-order valence-electron chi connectivity index (χ0n) is 11.7. The van der Waals surface area contributed by atoms with Gasteiger partial charge in [-0.15, -0.1) is 0 Å². The molecule has 0 radical (unpaired) electrons. The SMILES string of the molecule is COc1c(C(N)c2cc(Cl)cc(Br)c2)ccc(C)c1C. The summed E-state index contributed by atoms with van der Waals surface area (Å²) in [5.74, 6) is 0.841. The van der Waals surface area contributed by atoms with Gasteiger partial charge >= 0.3 is 0 Å². The molecule has 0 amide bonds. The molecular weight excluding hydrogens is 338 g/mol. The highest BCUT2D eigenvalue weighted by Gasteiger charge is 2.17. The van der Waals surface area contributed by atoms with Crippen LogP contribution >= 0.6 is 27.5 Å². The fourth-order valence-corrected chi connectivity index (χ4v) is 3.15. The number of ether oxygens (including phenoxy) is 1. The Labute approximate surface area is 133 Å². The fourth-order valence-electron chi connectivity index (χ4n) is 2.26. The molecule has 0 spiro atoms. The van der Waals surface area contributed by atoms with Crippen molar-refractivity contribution < 1.29 is 4.74 Å². The van der Waals surface area contributed by atoms with Crippen LogP contribution in [0.5, 0.6) is 5.75 Å². The quantitative estimate of drug-likeness (QED) is 0.861. The highest BCUT2D eigenvalue weighted by atomic mass is 79.9. The standard InChI is InChI=1S/C16H17BrClNO/c1-9-4-5-14(16(20-3)10(9)2)15(19)11-6-12(17)8-13(18)7-11/h4-8,15H,19H2,1-3H3. The van der Waals surface area contributed by atoms with E-state index < -0.39 is 0 Å². The second-order valence-corrected chi connectivity index (χ2v) is 6.16. The van der Waals surface area contributed by atoms with Crippen LogP contribution in [0, 0.1) is 13.8 Å². The van der Waals surface area contributed by atoms with Crippen molar-refractivity contribution in [3.8, 4) is 5.75 Å². The van der Waals surface area contributed by atoms with Crippen LogP contribution in [-0.2, 0) is 0 Å². The Bertz CT molecular complexity index is 622. The largest absolute Gasteiger partial charge is 0.496 e. The molecule has 0 aromatic heterocycles. The number of benzene rings is 2. The van der Waals surface area contributed by atoms with Crippen LogP contribution in [0.4, 0.5) is 0 Å². The molecule has 1 unspecified atom stereocenters. The van der Waals surface area contributed by atoms with Gasteiger partial charge in [0.1, 0.15) is 5.75 Å². The first-order valence-electron chi connectivity index (χ1n) is 6.29. The van der Waals surface area contributed by atoms with Crippen LogP contribution in [0.25, 0.3) is 0 Å². The van der Waals surface area contributed by atoms with E-state index >= 15 is 0 Å². The van der Waals surface area contributed by atoms with Crippen LogP contribution in [-0.4, -0.2) is 7.11 Å². The van der Waals surface area contributed by atoms with E-state index in [1.807, 2.05) is 31.2 Å². The van der Waals surface area contributed by atoms with Crippen molar-refractivity contribution in [2.75, 3.05) is 7.11 Å². The number of nitrogens with two attached hydrogens (primary N) is 1. The second-order valence-electron chi connectivity index (χ2n) is 4.81. The van der Waals surface area contributed by atoms with E-state index in [1.54, 1.807) is 7.11 Å². The number of rotatable bonds is 3. The monoisotopic (exact) mass is 353 g/mol. The maximum Gasteiger partial charge on any atom is 0.127 e. The van der Waals surface area contributed by atoms with E-state index in [-0.39, 0.29) is 6.04 Å². The maximum atomic E-state index is 6.39. The lowest BCUT2D eigenvalue weighted by Crippen LogP contribution is -2.14. The second kappa shape index (κ2) is 6.17. The van der Waals surface area contributed by atoms with Gasteiger partial charge in [-0.1, -0.05) is 39.7 Å². The molecule has 20 heavy (non-hydrogen) atoms. The third-order valence-corrected chi connectivity index (χ3v) is 4.17. The normalized spacial score (nSPS) is 12.3. The first-order valence-corrected chi connectivity index (χ1v) is 7.46. The summed E-state index contributed by atoms with van der Waals surface area (Å²) in [5, 5.41) is 0.660. The highest BCUT2D eigenvalue weighted by molar-refractivity contribution is 9.10. The molecule has 4 heteroatoms. The lowest BCUT2D eigenvalue weighted by Gasteiger charge is -2.19. The molecule has 2 aromatic rings. The molecule has 2 N–H and O–H groups in total. The first kappa shape index (κ1) is 15.4. The lowest BCUT2D eigenvalue weighted by atomic mass is 9.95. The molecule has 0 saturated heterocycles. The van der Waals surface area contributed by atoms with E-state index in [4.69, 9.17) is 22.1 Å². The van der Waals surface area contributed by atoms with Gasteiger partial charge in [0.25, 0.3) is 0 Å². The minimum Gasteiger partial charge on any atom is -0.496 e. The lowest BCUT2D eigenvalue weighted by molar-refractivity contribution is 0.404. The number of methoxy groups -OCH3 is 1. The van der Waals surface area contributed by atoms with Gasteiger partial charge in [0.15, 0.2) is 0 Å². The summed E-state index contributed by atoms with van der Waals surface area (Å²) in [4.78, 5) is 0. The maximum absolute atomic E-state index is 6.39. The zero-order valence-corrected chi connectivity index (χ0v) is 14.0. The summed E-state index contributed by atoms with van der Waals surface area (Å²) >= 11 is 9.54. The third-order valence-electron chi connectivity index (χ3n) is 3.49. The van der Waals surface area contributed by atoms with Crippen molar-refractivity contribution >= 4 is 27.5 Å². The Balaban J connectivity index is 2.53. The van der Waals surface area contributed by atoms with Gasteiger partial charge in [0.05, 0.1) is 13.2 Å². The summed E-state index contributed by atoms with van der Waals surface area (Å²) in [6.45, 7) is 4.10. The predicted octanol–water partition coefficient (Wildman–Crippen LogP) is 4.78. The van der Waals surface area contributed by atoms with Gasteiger partial charge in [-0.25, -0.2) is 0 Å². The van der Waals surface area contributed by atoms with Crippen LogP contribution in [0.2, 0.25) is 5.02 Å². The minimum absolute atomic E-state index is 0.278. The summed E-state index contributed by atoms with van der Waals surface area (Å²) in [6.07, 6.45) is 0. The summed E-state index contributed by atoms with van der Waals surface area (Å²) < 4.78 is 6.45. The molecule has 1 atom stereocenters. The smallest absolute Gasteiger partial charge is 0.127 e. The highest BCUT2D eigenvalue weighted by Crippen LogP contribution is 2.34. The first-order chi connectivity index (χ1) is 9.43. The fraction of sp³-hybridized carbons (Fsp3) is 0.250. The molecular formula is C16H17BrClNO. The average Bonchev–Trinajstić information content (AvgIpc) is 2.39. The van der Waals surface area contributed by atoms with Crippen LogP contribution in [0.1, 0.15) is 28.3 Å². The molecule has 0 aliphatic rings. The van der Waals surface area contributed by atoms with Crippen molar-refractivity contribution in [1.82, 2.24) is 0 Å². The van der Waals surface area contributed by atoms with Gasteiger partial charge in [-0.05, 0) is 48.7 Å². The Morgan fingerprint density at radius 2 is 1.90 bits per heavy atom. The molecule has 2 nitrogen and oxygen atoms in total. The van der Waals surface area contributed by atoms with E-state index in [9.17, 15) is 0 Å². The zero-order chi connectivity index (χ0) is 14.9. The van der Waals surface area contributed by atoms with Crippen LogP contribution in [0.3, 0.4) is 0 Å². The molecule has 0 fully saturated rings. The Morgan fingerprint density at radius 1 is 1.20 bits per heavy atom. The third kappa shape index (κ3) is 3.00. The van der Waals surface area contributed by atoms with E-state index in [0.717, 1.165) is 26.9 Å². The van der Waals surface area contributed by atoms with Crippen molar-refractivity contribution in [3.63, 3.8) is 0 Å². The van der Waals surface area contributed by atoms with E-state index in [1.165, 1.54) is 5.56 Å². The van der Waals surface area contributed by atoms with Gasteiger partial charge in [0.2, 0.25) is 0 Å². The Hall–Kier alpha value is -1.03. The van der Waals surface area contributed by atoms with Crippen molar-refractivity contribution in [2.24, 2.45) is 5.73 Å². The molecule has 0 heterocycles.